The molecule has 76 valence electrons. The lowest BCUT2D eigenvalue weighted by molar-refractivity contribution is -0.144. The van der Waals surface area contributed by atoms with Gasteiger partial charge >= 0.3 is 5.97 Å². The summed E-state index contributed by atoms with van der Waals surface area (Å²) in [5, 5.41) is 0. The fourth-order valence-electron chi connectivity index (χ4n) is 2.17. The van der Waals surface area contributed by atoms with Gasteiger partial charge in [-0.1, -0.05) is 13.8 Å². The third-order valence-corrected chi connectivity index (χ3v) is 3.08. The highest BCUT2D eigenvalue weighted by Crippen LogP contribution is 2.37. The molecule has 2 unspecified atom stereocenters. The van der Waals surface area contributed by atoms with Gasteiger partial charge in [0.15, 0.2) is 0 Å². The molecule has 3 nitrogen and oxygen atoms in total. The van der Waals surface area contributed by atoms with Crippen LogP contribution >= 0.6 is 0 Å². The van der Waals surface area contributed by atoms with Crippen LogP contribution < -0.4 is 5.73 Å². The van der Waals surface area contributed by atoms with E-state index in [9.17, 15) is 4.79 Å². The molecule has 0 bridgehead atoms. The van der Waals surface area contributed by atoms with Gasteiger partial charge in [0.2, 0.25) is 0 Å². The molecule has 3 heteroatoms. The Hall–Kier alpha value is -0.570. The molecule has 0 aliphatic heterocycles. The lowest BCUT2D eigenvalue weighted by Crippen LogP contribution is -2.14. The molecule has 1 fully saturated rings. The van der Waals surface area contributed by atoms with E-state index in [1.165, 1.54) is 0 Å². The molecule has 0 aromatic carbocycles. The van der Waals surface area contributed by atoms with Crippen LogP contribution in [-0.4, -0.2) is 12.7 Å². The molecule has 0 spiro atoms. The van der Waals surface area contributed by atoms with Crippen LogP contribution in [0.2, 0.25) is 0 Å². The number of carbonyl (C=O) groups excluding carboxylic acids is 1. The Balaban J connectivity index is 2.27. The Morgan fingerprint density at radius 2 is 1.92 bits per heavy atom. The molecule has 0 aromatic rings. The molecule has 0 aromatic heterocycles. The van der Waals surface area contributed by atoms with Gasteiger partial charge in [0, 0.05) is 6.42 Å². The fraction of sp³-hybridized carbons (Fsp3) is 0.900. The average Bonchev–Trinajstić information content (AvgIpc) is 2.31. The molecule has 2 N–H and O–H groups in total. The molecule has 0 radical (unpaired) electrons. The average molecular weight is 185 g/mol. The first-order valence-corrected chi connectivity index (χ1v) is 4.99. The molecule has 0 saturated heterocycles. The quantitative estimate of drug-likeness (QED) is 0.535. The molecule has 1 aliphatic carbocycles. The molecule has 13 heavy (non-hydrogen) atoms. The van der Waals surface area contributed by atoms with Crippen LogP contribution in [0.15, 0.2) is 0 Å². The maximum absolute atomic E-state index is 11.1. The van der Waals surface area contributed by atoms with E-state index in [2.05, 4.69) is 13.8 Å². The van der Waals surface area contributed by atoms with Gasteiger partial charge < -0.3 is 4.74 Å². The first kappa shape index (κ1) is 10.5. The SMILES string of the molecule is CC1CC(CC(=O)OCN)CC1C. The molecule has 1 aliphatic rings. The summed E-state index contributed by atoms with van der Waals surface area (Å²) in [6.07, 6.45) is 2.85. The van der Waals surface area contributed by atoms with Crippen molar-refractivity contribution in [1.82, 2.24) is 0 Å². The Bertz CT molecular complexity index is 172. The summed E-state index contributed by atoms with van der Waals surface area (Å²) in [4.78, 5) is 11.1. The molecular weight excluding hydrogens is 166 g/mol. The number of carbonyl (C=O) groups is 1. The summed E-state index contributed by atoms with van der Waals surface area (Å²) in [6, 6.07) is 0. The lowest BCUT2D eigenvalue weighted by atomic mass is 10.0. The van der Waals surface area contributed by atoms with Gasteiger partial charge in [-0.25, -0.2) is 0 Å². The van der Waals surface area contributed by atoms with Crippen molar-refractivity contribution in [2.45, 2.75) is 33.1 Å². The first-order valence-electron chi connectivity index (χ1n) is 4.99. The highest BCUT2D eigenvalue weighted by molar-refractivity contribution is 5.69. The summed E-state index contributed by atoms with van der Waals surface area (Å²) >= 11 is 0. The van der Waals surface area contributed by atoms with E-state index < -0.39 is 0 Å². The number of ether oxygens (including phenoxy) is 1. The summed E-state index contributed by atoms with van der Waals surface area (Å²) in [5.74, 6) is 1.87. The fourth-order valence-corrected chi connectivity index (χ4v) is 2.17. The van der Waals surface area contributed by atoms with E-state index in [0.29, 0.717) is 12.3 Å². The summed E-state index contributed by atoms with van der Waals surface area (Å²) in [7, 11) is 0. The van der Waals surface area contributed by atoms with Crippen LogP contribution in [0.25, 0.3) is 0 Å². The van der Waals surface area contributed by atoms with Crippen molar-refractivity contribution in [2.24, 2.45) is 23.5 Å². The molecule has 1 saturated carbocycles. The third kappa shape index (κ3) is 2.99. The Morgan fingerprint density at radius 3 is 2.38 bits per heavy atom. The zero-order valence-corrected chi connectivity index (χ0v) is 8.45. The second-order valence-corrected chi connectivity index (χ2v) is 4.18. The van der Waals surface area contributed by atoms with E-state index in [4.69, 9.17) is 10.5 Å². The van der Waals surface area contributed by atoms with Gasteiger partial charge in [0.05, 0.1) is 0 Å². The minimum Gasteiger partial charge on any atom is -0.450 e. The predicted molar refractivity (Wildman–Crippen MR) is 50.8 cm³/mol. The summed E-state index contributed by atoms with van der Waals surface area (Å²) in [5.41, 5.74) is 5.12. The lowest BCUT2D eigenvalue weighted by Gasteiger charge is -2.07. The molecule has 0 heterocycles. The van der Waals surface area contributed by atoms with Gasteiger partial charge in [0.25, 0.3) is 0 Å². The largest absolute Gasteiger partial charge is 0.450 e. The van der Waals surface area contributed by atoms with Gasteiger partial charge in [-0.15, -0.1) is 0 Å². The van der Waals surface area contributed by atoms with E-state index in [0.717, 1.165) is 24.7 Å². The highest BCUT2D eigenvalue weighted by Gasteiger charge is 2.29. The van der Waals surface area contributed by atoms with Crippen LogP contribution in [0.5, 0.6) is 0 Å². The zero-order valence-electron chi connectivity index (χ0n) is 8.45. The van der Waals surface area contributed by atoms with E-state index >= 15 is 0 Å². The van der Waals surface area contributed by atoms with Gasteiger partial charge in [0.1, 0.15) is 6.73 Å². The Labute approximate surface area is 79.6 Å². The van der Waals surface area contributed by atoms with Crippen molar-refractivity contribution in [3.8, 4) is 0 Å². The molecular formula is C10H19NO2. The topological polar surface area (TPSA) is 52.3 Å². The van der Waals surface area contributed by atoms with Crippen molar-refractivity contribution in [3.05, 3.63) is 0 Å². The Kier molecular flexibility index (Phi) is 3.72. The number of hydrogen-bond donors (Lipinski definition) is 1. The monoisotopic (exact) mass is 185 g/mol. The predicted octanol–water partition coefficient (Wildman–Crippen LogP) is 1.52. The van der Waals surface area contributed by atoms with Crippen LogP contribution in [0, 0.1) is 17.8 Å². The van der Waals surface area contributed by atoms with Crippen molar-refractivity contribution < 1.29 is 9.53 Å². The van der Waals surface area contributed by atoms with E-state index in [-0.39, 0.29) is 12.7 Å². The first-order chi connectivity index (χ1) is 6.13. The van der Waals surface area contributed by atoms with Crippen LogP contribution in [0.1, 0.15) is 33.1 Å². The van der Waals surface area contributed by atoms with Crippen molar-refractivity contribution in [2.75, 3.05) is 6.73 Å². The van der Waals surface area contributed by atoms with Crippen molar-refractivity contribution in [3.63, 3.8) is 0 Å². The van der Waals surface area contributed by atoms with Gasteiger partial charge in [-0.3, -0.25) is 10.5 Å². The van der Waals surface area contributed by atoms with E-state index in [1.807, 2.05) is 0 Å². The zero-order chi connectivity index (χ0) is 9.84. The normalized spacial score (nSPS) is 33.3. The molecule has 0 amide bonds. The van der Waals surface area contributed by atoms with Gasteiger partial charge in [-0.05, 0) is 30.6 Å². The van der Waals surface area contributed by atoms with E-state index in [1.54, 1.807) is 0 Å². The van der Waals surface area contributed by atoms with Crippen LogP contribution in [0.4, 0.5) is 0 Å². The second-order valence-electron chi connectivity index (χ2n) is 4.18. The molecule has 1 rings (SSSR count). The minimum atomic E-state index is -0.145. The second kappa shape index (κ2) is 4.61. The third-order valence-electron chi connectivity index (χ3n) is 3.08. The number of esters is 1. The van der Waals surface area contributed by atoms with Crippen molar-refractivity contribution >= 4 is 5.97 Å². The van der Waals surface area contributed by atoms with Gasteiger partial charge in [-0.2, -0.15) is 0 Å². The van der Waals surface area contributed by atoms with Crippen molar-refractivity contribution in [1.29, 1.82) is 0 Å². The maximum atomic E-state index is 11.1. The minimum absolute atomic E-state index is 0.0106. The number of nitrogens with two attached hydrogens (primary N) is 1. The standard InChI is InChI=1S/C10H19NO2/c1-7-3-9(4-8(7)2)5-10(12)13-6-11/h7-9H,3-6,11H2,1-2H3. The smallest absolute Gasteiger partial charge is 0.307 e. The summed E-state index contributed by atoms with van der Waals surface area (Å²) in [6.45, 7) is 4.51. The number of rotatable bonds is 3. The Morgan fingerprint density at radius 1 is 1.38 bits per heavy atom. The highest BCUT2D eigenvalue weighted by atomic mass is 16.5. The maximum Gasteiger partial charge on any atom is 0.307 e. The van der Waals surface area contributed by atoms with Crippen LogP contribution in [0.3, 0.4) is 0 Å². The number of hydrogen-bond acceptors (Lipinski definition) is 3. The summed E-state index contributed by atoms with van der Waals surface area (Å²) < 4.78 is 4.71. The molecule has 2 atom stereocenters. The van der Waals surface area contributed by atoms with Crippen LogP contribution in [-0.2, 0) is 9.53 Å².